The zero-order valence-electron chi connectivity index (χ0n) is 13.5. The maximum Gasteiger partial charge on any atom is -0.00936 e. The third kappa shape index (κ3) is 18.0. The summed E-state index contributed by atoms with van der Waals surface area (Å²) in [7, 11) is 0. The Morgan fingerprint density at radius 1 is 0.421 bits per heavy atom. The van der Waals surface area contributed by atoms with E-state index in [4.69, 9.17) is 6.92 Å². The normalized spacial score (nSPS) is 11.1. The van der Waals surface area contributed by atoms with E-state index >= 15 is 0 Å². The fraction of sp³-hybridized carbons (Fsp3) is 0.947. The Hall–Kier alpha value is 0. The molecule has 3 radical (unpaired) electrons. The van der Waals surface area contributed by atoms with Crippen molar-refractivity contribution in [1.82, 2.24) is 0 Å². The molecule has 0 aromatic rings. The van der Waals surface area contributed by atoms with Gasteiger partial charge in [-0.05, 0) is 13.3 Å². The van der Waals surface area contributed by atoms with Crippen molar-refractivity contribution >= 4 is 0 Å². The molecule has 0 aliphatic carbocycles. The summed E-state index contributed by atoms with van der Waals surface area (Å²) >= 11 is 0. The lowest BCUT2D eigenvalue weighted by atomic mass is 10.0. The summed E-state index contributed by atoms with van der Waals surface area (Å²) in [6.07, 6.45) is 23.1. The Morgan fingerprint density at radius 2 is 0.684 bits per heavy atom. The molecular weight excluding hydrogens is 228 g/mol. The van der Waals surface area contributed by atoms with Crippen LogP contribution in [0.3, 0.4) is 0 Å². The molecule has 113 valence electrons. The van der Waals surface area contributed by atoms with Gasteiger partial charge in [0.15, 0.2) is 0 Å². The highest BCUT2D eigenvalue weighted by Gasteiger charge is 1.94. The first-order chi connectivity index (χ1) is 9.41. The zero-order chi connectivity index (χ0) is 14.0. The minimum Gasteiger partial charge on any atom is -0.0654 e. The summed E-state index contributed by atoms with van der Waals surface area (Å²) in [6.45, 7) is 9.36. The lowest BCUT2D eigenvalue weighted by Crippen LogP contribution is -1.83. The lowest BCUT2D eigenvalue weighted by molar-refractivity contribution is 0.530. The van der Waals surface area contributed by atoms with Crippen molar-refractivity contribution in [2.45, 2.75) is 116 Å². The molecule has 0 rings (SSSR count). The Balaban J connectivity index is 2.88. The molecule has 0 aromatic carbocycles. The maximum atomic E-state index is 7.08. The highest BCUT2D eigenvalue weighted by atomic mass is 14.0. The van der Waals surface area contributed by atoms with Crippen LogP contribution in [0.5, 0.6) is 0 Å². The molecule has 0 fully saturated rings. The van der Waals surface area contributed by atoms with Gasteiger partial charge in [0.2, 0.25) is 0 Å². The van der Waals surface area contributed by atoms with E-state index in [-0.39, 0.29) is 0 Å². The number of hydrogen-bond donors (Lipinski definition) is 0. The topological polar surface area (TPSA) is 0 Å². The molecule has 0 spiro atoms. The molecule has 0 unspecified atom stereocenters. The van der Waals surface area contributed by atoms with Crippen LogP contribution < -0.4 is 0 Å². The van der Waals surface area contributed by atoms with Crippen molar-refractivity contribution in [3.8, 4) is 0 Å². The number of unbranched alkanes of at least 4 members (excludes halogenated alkanes) is 16. The van der Waals surface area contributed by atoms with Crippen molar-refractivity contribution in [3.05, 3.63) is 6.92 Å². The molecule has 0 aromatic heterocycles. The Bertz CT molecular complexity index is 123. The predicted octanol–water partition coefficient (Wildman–Crippen LogP) is 7.23. The maximum absolute atomic E-state index is 7.08. The van der Waals surface area contributed by atoms with E-state index in [1.807, 2.05) is 0 Å². The molecule has 0 bridgehead atoms. The van der Waals surface area contributed by atoms with Crippen LogP contribution in [0.1, 0.15) is 116 Å². The average molecular weight is 266 g/mol. The number of rotatable bonds is 16. The SMILES string of the molecule is [C]CCCCCCCCCCCCCCCCCC. The van der Waals surface area contributed by atoms with Crippen LogP contribution in [0.25, 0.3) is 0 Å². The molecule has 0 aliphatic rings. The molecule has 0 N–H and O–H groups in total. The molecule has 0 heterocycles. The van der Waals surface area contributed by atoms with E-state index in [0.717, 1.165) is 6.42 Å². The summed E-state index contributed by atoms with van der Waals surface area (Å²) in [5.74, 6) is 0. The molecule has 0 atom stereocenters. The van der Waals surface area contributed by atoms with Crippen LogP contribution in [-0.4, -0.2) is 0 Å². The van der Waals surface area contributed by atoms with Crippen molar-refractivity contribution in [2.75, 3.05) is 0 Å². The van der Waals surface area contributed by atoms with Gasteiger partial charge in [-0.1, -0.05) is 110 Å². The van der Waals surface area contributed by atoms with Crippen LogP contribution in [0.15, 0.2) is 0 Å². The summed E-state index contributed by atoms with van der Waals surface area (Å²) in [6, 6.07) is 0. The molecule has 0 saturated carbocycles. The van der Waals surface area contributed by atoms with Crippen LogP contribution in [0.4, 0.5) is 0 Å². The highest BCUT2D eigenvalue weighted by Crippen LogP contribution is 2.13. The van der Waals surface area contributed by atoms with E-state index in [1.165, 1.54) is 96.3 Å². The van der Waals surface area contributed by atoms with Crippen LogP contribution in [-0.2, 0) is 0 Å². The predicted molar refractivity (Wildman–Crippen MR) is 87.4 cm³/mol. The van der Waals surface area contributed by atoms with Crippen molar-refractivity contribution < 1.29 is 0 Å². The Kier molecular flexibility index (Phi) is 18.0. The van der Waals surface area contributed by atoms with Gasteiger partial charge in [-0.3, -0.25) is 0 Å². The van der Waals surface area contributed by atoms with E-state index in [0.29, 0.717) is 6.42 Å². The first-order valence-corrected chi connectivity index (χ1v) is 9.06. The van der Waals surface area contributed by atoms with Crippen LogP contribution in [0, 0.1) is 6.92 Å². The van der Waals surface area contributed by atoms with Gasteiger partial charge in [0.25, 0.3) is 0 Å². The minimum atomic E-state index is 0.623. The molecule has 0 nitrogen and oxygen atoms in total. The molecule has 0 heteroatoms. The Labute approximate surface area is 123 Å². The molecule has 19 heavy (non-hydrogen) atoms. The van der Waals surface area contributed by atoms with Crippen molar-refractivity contribution in [3.63, 3.8) is 0 Å². The third-order valence-electron chi connectivity index (χ3n) is 4.03. The monoisotopic (exact) mass is 265 g/mol. The molecule has 0 amide bonds. The first kappa shape index (κ1) is 19.0. The fourth-order valence-electron chi connectivity index (χ4n) is 2.67. The van der Waals surface area contributed by atoms with Gasteiger partial charge in [-0.2, -0.15) is 0 Å². The molecule has 0 saturated heterocycles. The average Bonchev–Trinajstić information content (AvgIpc) is 2.43. The lowest BCUT2D eigenvalue weighted by Gasteiger charge is -2.03. The summed E-state index contributed by atoms with van der Waals surface area (Å²) in [5.41, 5.74) is 0. The van der Waals surface area contributed by atoms with Gasteiger partial charge in [-0.15, -0.1) is 0 Å². The number of hydrogen-bond acceptors (Lipinski definition) is 0. The summed E-state index contributed by atoms with van der Waals surface area (Å²) < 4.78 is 0. The second-order valence-electron chi connectivity index (χ2n) is 6.05. The fourth-order valence-corrected chi connectivity index (χ4v) is 2.67. The van der Waals surface area contributed by atoms with Gasteiger partial charge < -0.3 is 0 Å². The van der Waals surface area contributed by atoms with E-state index in [2.05, 4.69) is 6.92 Å². The Morgan fingerprint density at radius 3 is 0.947 bits per heavy atom. The standard InChI is InChI=1S/C19H37/c1-3-5-7-9-11-13-15-17-19-18-16-14-12-10-8-6-4-2/h3-19H2,1H3. The van der Waals surface area contributed by atoms with Gasteiger partial charge in [0, 0.05) is 0 Å². The smallest absolute Gasteiger partial charge is 0.00936 e. The first-order valence-electron chi connectivity index (χ1n) is 9.06. The summed E-state index contributed by atoms with van der Waals surface area (Å²) in [4.78, 5) is 0. The van der Waals surface area contributed by atoms with Gasteiger partial charge >= 0.3 is 0 Å². The zero-order valence-corrected chi connectivity index (χ0v) is 13.5. The van der Waals surface area contributed by atoms with E-state index in [9.17, 15) is 0 Å². The van der Waals surface area contributed by atoms with Gasteiger partial charge in [-0.25, -0.2) is 0 Å². The van der Waals surface area contributed by atoms with Gasteiger partial charge in [0.1, 0.15) is 0 Å². The second kappa shape index (κ2) is 18.0. The quantitative estimate of drug-likeness (QED) is 0.258. The minimum absolute atomic E-state index is 0.623. The third-order valence-corrected chi connectivity index (χ3v) is 4.03. The van der Waals surface area contributed by atoms with Gasteiger partial charge in [0.05, 0.1) is 0 Å². The second-order valence-corrected chi connectivity index (χ2v) is 6.05. The molecule has 0 aliphatic heterocycles. The molecular formula is C19H37. The van der Waals surface area contributed by atoms with Crippen molar-refractivity contribution in [1.29, 1.82) is 0 Å². The van der Waals surface area contributed by atoms with Crippen LogP contribution in [0.2, 0.25) is 0 Å². The van der Waals surface area contributed by atoms with Crippen LogP contribution >= 0.6 is 0 Å². The summed E-state index contributed by atoms with van der Waals surface area (Å²) in [5, 5.41) is 0. The van der Waals surface area contributed by atoms with E-state index in [1.54, 1.807) is 0 Å². The van der Waals surface area contributed by atoms with E-state index < -0.39 is 0 Å². The van der Waals surface area contributed by atoms with Crippen molar-refractivity contribution in [2.24, 2.45) is 0 Å². The largest absolute Gasteiger partial charge is 0.0654 e. The highest BCUT2D eigenvalue weighted by molar-refractivity contribution is 4.50.